The number of amides is 1. The molecular weight excluding hydrogens is 364 g/mol. The number of anilines is 1. The molecule has 0 aromatic heterocycles. The molecule has 0 saturated carbocycles. The smallest absolute Gasteiger partial charge is 0.341 e. The van der Waals surface area contributed by atoms with Crippen molar-refractivity contribution in [3.8, 4) is 5.75 Å². The lowest BCUT2D eigenvalue weighted by Gasteiger charge is -2.17. The molecule has 0 bridgehead atoms. The Morgan fingerprint density at radius 3 is 2.59 bits per heavy atom. The average Bonchev–Trinajstić information content (AvgIpc) is 2.94. The van der Waals surface area contributed by atoms with E-state index in [1.165, 1.54) is 4.90 Å². The van der Waals surface area contributed by atoms with Crippen LogP contribution in [0.2, 0.25) is 0 Å². The van der Waals surface area contributed by atoms with Crippen LogP contribution in [-0.4, -0.2) is 28.7 Å². The molecule has 2 aromatic carbocycles. The molecule has 0 radical (unpaired) electrons. The first kappa shape index (κ1) is 18.6. The van der Waals surface area contributed by atoms with Crippen molar-refractivity contribution in [1.29, 1.82) is 0 Å². The van der Waals surface area contributed by atoms with Crippen molar-refractivity contribution in [3.63, 3.8) is 0 Å². The second-order valence-corrected chi connectivity index (χ2v) is 6.25. The molecular formula is C20H18N2O4S. The van der Waals surface area contributed by atoms with Gasteiger partial charge in [0.1, 0.15) is 11.4 Å². The molecule has 0 aliphatic carbocycles. The number of thiocarbonyl (C=S) groups is 1. The van der Waals surface area contributed by atoms with E-state index in [1.807, 2.05) is 31.2 Å². The number of aliphatic carboxylic acids is 1. The Morgan fingerprint density at radius 1 is 1.22 bits per heavy atom. The van der Waals surface area contributed by atoms with Crippen LogP contribution >= 0.6 is 12.2 Å². The van der Waals surface area contributed by atoms with Crippen molar-refractivity contribution in [3.05, 3.63) is 65.4 Å². The molecule has 7 heteroatoms. The van der Waals surface area contributed by atoms with Gasteiger partial charge >= 0.3 is 5.97 Å². The van der Waals surface area contributed by atoms with Crippen molar-refractivity contribution in [2.24, 2.45) is 0 Å². The number of carboxylic acids is 1. The quantitative estimate of drug-likeness (QED) is 0.591. The fraction of sp³-hybridized carbons (Fsp3) is 0.150. The lowest BCUT2D eigenvalue weighted by Crippen LogP contribution is -2.31. The van der Waals surface area contributed by atoms with Gasteiger partial charge in [-0.1, -0.05) is 37.3 Å². The van der Waals surface area contributed by atoms with Crippen LogP contribution < -0.4 is 15.0 Å². The van der Waals surface area contributed by atoms with E-state index in [4.69, 9.17) is 22.1 Å². The van der Waals surface area contributed by atoms with Crippen LogP contribution in [0.1, 0.15) is 18.1 Å². The summed E-state index contributed by atoms with van der Waals surface area (Å²) in [7, 11) is 0. The number of para-hydroxylation sites is 1. The number of carbonyl (C=O) groups is 2. The minimum atomic E-state index is -1.04. The van der Waals surface area contributed by atoms with Gasteiger partial charge in [-0.15, -0.1) is 0 Å². The Morgan fingerprint density at radius 2 is 1.93 bits per heavy atom. The van der Waals surface area contributed by atoms with Gasteiger partial charge < -0.3 is 15.2 Å². The minimum absolute atomic E-state index is 0.216. The molecule has 6 nitrogen and oxygen atoms in total. The van der Waals surface area contributed by atoms with E-state index in [1.54, 1.807) is 30.3 Å². The molecule has 1 heterocycles. The summed E-state index contributed by atoms with van der Waals surface area (Å²) in [5, 5.41) is 11.9. The predicted molar refractivity (Wildman–Crippen MR) is 107 cm³/mol. The van der Waals surface area contributed by atoms with Crippen LogP contribution in [-0.2, 0) is 16.0 Å². The molecule has 1 aliphatic heterocycles. The molecule has 0 unspecified atom stereocenters. The van der Waals surface area contributed by atoms with Crippen LogP contribution in [0.25, 0.3) is 6.08 Å². The Balaban J connectivity index is 1.81. The van der Waals surface area contributed by atoms with Crippen LogP contribution in [0.15, 0.2) is 54.2 Å². The molecule has 0 atom stereocenters. The number of nitrogens with zero attached hydrogens (tertiary/aromatic N) is 1. The van der Waals surface area contributed by atoms with Crippen molar-refractivity contribution < 1.29 is 19.4 Å². The fourth-order valence-electron chi connectivity index (χ4n) is 2.75. The van der Waals surface area contributed by atoms with Gasteiger partial charge in [0.05, 0.1) is 5.69 Å². The first-order chi connectivity index (χ1) is 13.0. The zero-order valence-electron chi connectivity index (χ0n) is 14.6. The second kappa shape index (κ2) is 8.01. The van der Waals surface area contributed by atoms with Gasteiger partial charge in [-0.2, -0.15) is 0 Å². The molecule has 27 heavy (non-hydrogen) atoms. The van der Waals surface area contributed by atoms with E-state index in [0.29, 0.717) is 16.6 Å². The summed E-state index contributed by atoms with van der Waals surface area (Å²) in [6.07, 6.45) is 2.49. The number of carbonyl (C=O) groups excluding carboxylic acids is 1. The van der Waals surface area contributed by atoms with Gasteiger partial charge in [-0.25, -0.2) is 4.79 Å². The topological polar surface area (TPSA) is 78.9 Å². The normalized spacial score (nSPS) is 15.1. The largest absolute Gasteiger partial charge is 0.482 e. The van der Waals surface area contributed by atoms with Gasteiger partial charge in [0.25, 0.3) is 5.91 Å². The lowest BCUT2D eigenvalue weighted by molar-refractivity contribution is -0.139. The first-order valence-electron chi connectivity index (χ1n) is 8.39. The number of benzene rings is 2. The number of ether oxygens (including phenoxy) is 1. The van der Waals surface area contributed by atoms with Gasteiger partial charge in [0.15, 0.2) is 11.7 Å². The zero-order chi connectivity index (χ0) is 19.4. The number of hydrogen-bond donors (Lipinski definition) is 2. The number of carboxylic acid groups (broad SMARTS) is 1. The fourth-order valence-corrected chi connectivity index (χ4v) is 3.05. The second-order valence-electron chi connectivity index (χ2n) is 5.86. The Labute approximate surface area is 162 Å². The third-order valence-corrected chi connectivity index (χ3v) is 4.33. The molecule has 1 saturated heterocycles. The average molecular weight is 382 g/mol. The SMILES string of the molecule is CCc1ccccc1N1C(=O)/C(=C\c2ccc(OCC(=O)O)cc2)NC1=S. The third-order valence-electron chi connectivity index (χ3n) is 4.05. The highest BCUT2D eigenvalue weighted by atomic mass is 32.1. The number of rotatable bonds is 6. The Bertz CT molecular complexity index is 922. The van der Waals surface area contributed by atoms with E-state index in [-0.39, 0.29) is 5.91 Å². The summed E-state index contributed by atoms with van der Waals surface area (Å²) in [6, 6.07) is 14.4. The summed E-state index contributed by atoms with van der Waals surface area (Å²) < 4.78 is 5.10. The van der Waals surface area contributed by atoms with Gasteiger partial charge in [-0.3, -0.25) is 9.69 Å². The number of nitrogens with one attached hydrogen (secondary N) is 1. The van der Waals surface area contributed by atoms with E-state index in [0.717, 1.165) is 23.2 Å². The highest BCUT2D eigenvalue weighted by Crippen LogP contribution is 2.26. The molecule has 138 valence electrons. The van der Waals surface area contributed by atoms with Gasteiger partial charge in [0, 0.05) is 0 Å². The Hall–Kier alpha value is -3.19. The van der Waals surface area contributed by atoms with Crippen LogP contribution in [0.4, 0.5) is 5.69 Å². The van der Waals surface area contributed by atoms with E-state index >= 15 is 0 Å². The molecule has 0 spiro atoms. The maximum Gasteiger partial charge on any atom is 0.341 e. The molecule has 3 rings (SSSR count). The van der Waals surface area contributed by atoms with Crippen molar-refractivity contribution in [2.45, 2.75) is 13.3 Å². The Kier molecular flexibility index (Phi) is 5.52. The minimum Gasteiger partial charge on any atom is -0.482 e. The standard InChI is InChI=1S/C20H18N2O4S/c1-2-14-5-3-4-6-17(14)22-19(25)16(21-20(22)27)11-13-7-9-15(10-8-13)26-12-18(23)24/h3-11H,2,12H2,1H3,(H,21,27)(H,23,24)/b16-11+. The summed E-state index contributed by atoms with van der Waals surface area (Å²) in [5.74, 6) is -0.811. The summed E-state index contributed by atoms with van der Waals surface area (Å²) in [5.41, 5.74) is 2.96. The highest BCUT2D eigenvalue weighted by Gasteiger charge is 2.32. The molecule has 2 aromatic rings. The van der Waals surface area contributed by atoms with E-state index in [2.05, 4.69) is 5.32 Å². The predicted octanol–water partition coefficient (Wildman–Crippen LogP) is 2.97. The maximum atomic E-state index is 12.9. The maximum absolute atomic E-state index is 12.9. The molecule has 1 fully saturated rings. The van der Waals surface area contributed by atoms with Gasteiger partial charge in [0.2, 0.25) is 0 Å². The summed E-state index contributed by atoms with van der Waals surface area (Å²) in [6.45, 7) is 1.63. The molecule has 1 aliphatic rings. The number of hydrogen-bond acceptors (Lipinski definition) is 4. The molecule has 1 amide bonds. The van der Waals surface area contributed by atoms with Crippen molar-refractivity contribution in [1.82, 2.24) is 5.32 Å². The van der Waals surface area contributed by atoms with E-state index < -0.39 is 12.6 Å². The third kappa shape index (κ3) is 4.15. The van der Waals surface area contributed by atoms with Crippen LogP contribution in [0.3, 0.4) is 0 Å². The first-order valence-corrected chi connectivity index (χ1v) is 8.80. The summed E-state index contributed by atoms with van der Waals surface area (Å²) >= 11 is 5.36. The van der Waals surface area contributed by atoms with Crippen LogP contribution in [0, 0.1) is 0 Å². The van der Waals surface area contributed by atoms with Crippen LogP contribution in [0.5, 0.6) is 5.75 Å². The van der Waals surface area contributed by atoms with Crippen molar-refractivity contribution >= 4 is 41.0 Å². The monoisotopic (exact) mass is 382 g/mol. The molecule has 2 N–H and O–H groups in total. The zero-order valence-corrected chi connectivity index (χ0v) is 15.5. The number of aryl methyl sites for hydroxylation is 1. The van der Waals surface area contributed by atoms with Gasteiger partial charge in [-0.05, 0) is 54.0 Å². The van der Waals surface area contributed by atoms with E-state index in [9.17, 15) is 9.59 Å². The highest BCUT2D eigenvalue weighted by molar-refractivity contribution is 7.80. The van der Waals surface area contributed by atoms with Crippen molar-refractivity contribution in [2.75, 3.05) is 11.5 Å². The summed E-state index contributed by atoms with van der Waals surface area (Å²) in [4.78, 5) is 24.9. The lowest BCUT2D eigenvalue weighted by atomic mass is 10.1.